The quantitative estimate of drug-likeness (QED) is 0.918. The number of hydrogen-bond donors (Lipinski definition) is 1. The van der Waals surface area contributed by atoms with Crippen molar-refractivity contribution < 1.29 is 22.7 Å². The van der Waals surface area contributed by atoms with Gasteiger partial charge in [-0.05, 0) is 23.7 Å². The Labute approximate surface area is 102 Å². The number of alkyl halides is 3. The molecular formula is C9H5ClF3NO2S. The molecule has 3 nitrogen and oxygen atoms in total. The van der Waals surface area contributed by atoms with Crippen LogP contribution in [0.3, 0.4) is 0 Å². The van der Waals surface area contributed by atoms with Crippen molar-refractivity contribution in [3.05, 3.63) is 39.2 Å². The number of hydrogen-bond acceptors (Lipinski definition) is 4. The predicted molar refractivity (Wildman–Crippen MR) is 54.9 cm³/mol. The number of nitrogens with zero attached hydrogens (tertiary/aromatic N) is 1. The molecule has 17 heavy (non-hydrogen) atoms. The van der Waals surface area contributed by atoms with Crippen LogP contribution in [0.4, 0.5) is 13.2 Å². The summed E-state index contributed by atoms with van der Waals surface area (Å²) in [5.74, 6) is 0.0763. The molecule has 1 unspecified atom stereocenters. The van der Waals surface area contributed by atoms with Crippen molar-refractivity contribution in [1.82, 2.24) is 4.98 Å². The van der Waals surface area contributed by atoms with Crippen LogP contribution >= 0.6 is 22.9 Å². The zero-order chi connectivity index (χ0) is 12.6. The van der Waals surface area contributed by atoms with Gasteiger partial charge in [0.1, 0.15) is 11.9 Å². The van der Waals surface area contributed by atoms with E-state index in [0.29, 0.717) is 11.3 Å². The number of furan rings is 1. The fourth-order valence-electron chi connectivity index (χ4n) is 1.16. The molecule has 2 rings (SSSR count). The number of thiazole rings is 1. The largest absolute Gasteiger partial charge is 0.447 e. The van der Waals surface area contributed by atoms with E-state index >= 15 is 0 Å². The van der Waals surface area contributed by atoms with Crippen LogP contribution in [0.2, 0.25) is 5.22 Å². The third-order valence-corrected chi connectivity index (χ3v) is 3.20. The molecular weight excluding hydrogens is 279 g/mol. The second-order valence-electron chi connectivity index (χ2n) is 3.11. The Balaban J connectivity index is 2.26. The molecule has 0 saturated heterocycles. The molecule has 0 amide bonds. The van der Waals surface area contributed by atoms with Gasteiger partial charge in [0.15, 0.2) is 10.2 Å². The lowest BCUT2D eigenvalue weighted by molar-refractivity contribution is -0.137. The number of aliphatic hydroxyl groups is 1. The summed E-state index contributed by atoms with van der Waals surface area (Å²) in [6.07, 6.45) is -4.84. The summed E-state index contributed by atoms with van der Waals surface area (Å²) in [5.41, 5.74) is 0. The van der Waals surface area contributed by atoms with Crippen molar-refractivity contribution in [1.29, 1.82) is 0 Å². The zero-order valence-corrected chi connectivity index (χ0v) is 9.60. The van der Waals surface area contributed by atoms with Gasteiger partial charge >= 0.3 is 6.18 Å². The summed E-state index contributed by atoms with van der Waals surface area (Å²) in [6, 6.07) is 2.78. The molecule has 0 radical (unpaired) electrons. The zero-order valence-electron chi connectivity index (χ0n) is 8.03. The highest BCUT2D eigenvalue weighted by Gasteiger charge is 2.35. The fourth-order valence-corrected chi connectivity index (χ4v) is 2.09. The van der Waals surface area contributed by atoms with Crippen molar-refractivity contribution in [3.63, 3.8) is 0 Å². The van der Waals surface area contributed by atoms with Crippen LogP contribution in [0.5, 0.6) is 0 Å². The smallest absolute Gasteiger partial charge is 0.443 e. The van der Waals surface area contributed by atoms with Crippen LogP contribution in [0, 0.1) is 0 Å². The van der Waals surface area contributed by atoms with E-state index in [1.165, 1.54) is 12.1 Å². The van der Waals surface area contributed by atoms with E-state index in [-0.39, 0.29) is 15.9 Å². The van der Waals surface area contributed by atoms with E-state index in [2.05, 4.69) is 4.98 Å². The normalized spacial score (nSPS) is 13.9. The maximum Gasteiger partial charge on any atom is 0.443 e. The van der Waals surface area contributed by atoms with Gasteiger partial charge in [-0.1, -0.05) is 0 Å². The minimum atomic E-state index is -4.51. The molecule has 2 aromatic heterocycles. The molecule has 0 fully saturated rings. The summed E-state index contributed by atoms with van der Waals surface area (Å²) in [7, 11) is 0. The molecule has 0 saturated carbocycles. The first-order valence-corrected chi connectivity index (χ1v) is 5.53. The van der Waals surface area contributed by atoms with Crippen LogP contribution in [-0.4, -0.2) is 10.1 Å². The molecule has 0 aliphatic carbocycles. The topological polar surface area (TPSA) is 46.3 Å². The highest BCUT2D eigenvalue weighted by Crippen LogP contribution is 2.36. The molecule has 0 bridgehead atoms. The Morgan fingerprint density at radius 3 is 2.59 bits per heavy atom. The molecule has 2 heterocycles. The highest BCUT2D eigenvalue weighted by atomic mass is 35.5. The van der Waals surface area contributed by atoms with Gasteiger partial charge in [-0.2, -0.15) is 13.2 Å². The van der Waals surface area contributed by atoms with Gasteiger partial charge in [-0.15, -0.1) is 11.3 Å². The van der Waals surface area contributed by atoms with Gasteiger partial charge in [-0.25, -0.2) is 4.98 Å². The van der Waals surface area contributed by atoms with Crippen LogP contribution in [0.25, 0.3) is 0 Å². The fraction of sp³-hybridized carbons (Fsp3) is 0.222. The Kier molecular flexibility index (Phi) is 3.15. The van der Waals surface area contributed by atoms with E-state index in [9.17, 15) is 18.3 Å². The second-order valence-corrected chi connectivity index (χ2v) is 4.54. The predicted octanol–water partition coefficient (Wildman–Crippen LogP) is 3.49. The highest BCUT2D eigenvalue weighted by molar-refractivity contribution is 7.11. The maximum absolute atomic E-state index is 12.3. The second kappa shape index (κ2) is 4.32. The van der Waals surface area contributed by atoms with Crippen LogP contribution < -0.4 is 0 Å². The molecule has 1 atom stereocenters. The van der Waals surface area contributed by atoms with Gasteiger partial charge in [0.25, 0.3) is 0 Å². The lowest BCUT2D eigenvalue weighted by Gasteiger charge is -2.03. The van der Waals surface area contributed by atoms with Gasteiger partial charge < -0.3 is 9.52 Å². The lowest BCUT2D eigenvalue weighted by atomic mass is 10.2. The average Bonchev–Trinajstić information content (AvgIpc) is 2.83. The molecule has 0 aromatic carbocycles. The number of aromatic nitrogens is 1. The van der Waals surface area contributed by atoms with Crippen molar-refractivity contribution in [2.75, 3.05) is 0 Å². The minimum Gasteiger partial charge on any atom is -0.447 e. The molecule has 92 valence electrons. The third kappa shape index (κ3) is 2.62. The average molecular weight is 284 g/mol. The number of aliphatic hydroxyl groups excluding tert-OH is 1. The summed E-state index contributed by atoms with van der Waals surface area (Å²) in [6.45, 7) is 0. The molecule has 0 aliphatic rings. The van der Waals surface area contributed by atoms with E-state index in [1.54, 1.807) is 0 Å². The summed E-state index contributed by atoms with van der Waals surface area (Å²) >= 11 is 5.86. The van der Waals surface area contributed by atoms with Gasteiger partial charge in [0, 0.05) is 6.20 Å². The van der Waals surface area contributed by atoms with E-state index < -0.39 is 17.3 Å². The minimum absolute atomic E-state index is 0.0448. The molecule has 8 heteroatoms. The lowest BCUT2D eigenvalue weighted by Crippen LogP contribution is -2.03. The van der Waals surface area contributed by atoms with Gasteiger partial charge in [0.2, 0.25) is 0 Å². The molecule has 0 spiro atoms. The van der Waals surface area contributed by atoms with Gasteiger partial charge in [0.05, 0.1) is 4.88 Å². The van der Waals surface area contributed by atoms with Crippen LogP contribution in [-0.2, 0) is 6.18 Å². The van der Waals surface area contributed by atoms with Gasteiger partial charge in [-0.3, -0.25) is 0 Å². The van der Waals surface area contributed by atoms with Crippen molar-refractivity contribution in [2.45, 2.75) is 12.3 Å². The van der Waals surface area contributed by atoms with Crippen LogP contribution in [0.1, 0.15) is 21.7 Å². The van der Waals surface area contributed by atoms with E-state index in [1.807, 2.05) is 0 Å². The Morgan fingerprint density at radius 1 is 1.41 bits per heavy atom. The van der Waals surface area contributed by atoms with Crippen molar-refractivity contribution in [3.8, 4) is 0 Å². The molecule has 0 aliphatic heterocycles. The van der Waals surface area contributed by atoms with Crippen LogP contribution in [0.15, 0.2) is 22.7 Å². The summed E-state index contributed by atoms with van der Waals surface area (Å²) in [4.78, 5) is 3.24. The van der Waals surface area contributed by atoms with Crippen molar-refractivity contribution in [2.24, 2.45) is 0 Å². The molecule has 2 aromatic rings. The molecule has 1 N–H and O–H groups in total. The Bertz CT molecular complexity index is 522. The Hall–Kier alpha value is -1.05. The monoisotopic (exact) mass is 283 g/mol. The van der Waals surface area contributed by atoms with E-state index in [4.69, 9.17) is 16.0 Å². The number of rotatable bonds is 2. The number of halogens is 4. The summed E-state index contributed by atoms with van der Waals surface area (Å²) in [5, 5.41) is 8.78. The first-order chi connectivity index (χ1) is 7.88. The Morgan fingerprint density at radius 2 is 2.12 bits per heavy atom. The third-order valence-electron chi connectivity index (χ3n) is 1.90. The van der Waals surface area contributed by atoms with E-state index in [0.717, 1.165) is 6.20 Å². The van der Waals surface area contributed by atoms with Crippen molar-refractivity contribution >= 4 is 22.9 Å². The first kappa shape index (κ1) is 12.4. The maximum atomic E-state index is 12.3. The SMILES string of the molecule is OC(c1ccc(Cl)o1)c1cnc(C(F)(F)F)s1. The summed E-state index contributed by atoms with van der Waals surface area (Å²) < 4.78 is 41.8. The first-order valence-electron chi connectivity index (χ1n) is 4.34. The standard InChI is InChI=1S/C9H5ClF3NO2S/c10-6-2-1-4(16-6)7(15)5-3-14-8(17-5)9(11,12)13/h1-3,7,15H.